The van der Waals surface area contributed by atoms with Gasteiger partial charge in [-0.15, -0.1) is 0 Å². The Bertz CT molecular complexity index is 681. The van der Waals surface area contributed by atoms with Gasteiger partial charge in [0, 0.05) is 24.7 Å². The fourth-order valence-electron chi connectivity index (χ4n) is 2.19. The first-order chi connectivity index (χ1) is 10.9. The van der Waals surface area contributed by atoms with E-state index in [1.54, 1.807) is 20.8 Å². The molecule has 0 aromatic carbocycles. The highest BCUT2D eigenvalue weighted by Gasteiger charge is 2.36. The van der Waals surface area contributed by atoms with Crippen molar-refractivity contribution in [1.29, 1.82) is 0 Å². The zero-order valence-electron chi connectivity index (χ0n) is 13.7. The van der Waals surface area contributed by atoms with Gasteiger partial charge < -0.3 is 15.0 Å². The highest BCUT2D eigenvalue weighted by atomic mass is 19.4. The number of carbonyl (C=O) groups is 2. The van der Waals surface area contributed by atoms with E-state index >= 15 is 0 Å². The van der Waals surface area contributed by atoms with Crippen LogP contribution in [0.4, 0.5) is 18.0 Å². The Kier molecular flexibility index (Phi) is 4.47. The number of fused-ring (bicyclic) bond motifs is 1. The van der Waals surface area contributed by atoms with Crippen LogP contribution in [0, 0.1) is 0 Å². The maximum atomic E-state index is 13.0. The van der Waals surface area contributed by atoms with Crippen LogP contribution in [0.25, 0.3) is 0 Å². The minimum Gasteiger partial charge on any atom is -0.444 e. The molecule has 0 aliphatic carbocycles. The first-order valence-electron chi connectivity index (χ1n) is 7.21. The van der Waals surface area contributed by atoms with Crippen molar-refractivity contribution in [2.24, 2.45) is 0 Å². The Balaban J connectivity index is 2.33. The molecule has 0 fully saturated rings. The molecule has 2 amide bonds. The average molecular weight is 345 g/mol. The fourth-order valence-corrected chi connectivity index (χ4v) is 2.19. The third-order valence-electron chi connectivity index (χ3n) is 3.26. The number of rotatable bonds is 2. The molecule has 0 saturated heterocycles. The summed E-state index contributed by atoms with van der Waals surface area (Å²) in [5.74, 6) is -0.584. The molecule has 2 heterocycles. The third kappa shape index (κ3) is 3.95. The molecule has 0 spiro atoms. The van der Waals surface area contributed by atoms with E-state index < -0.39 is 29.5 Å². The van der Waals surface area contributed by atoms with Crippen LogP contribution in [-0.4, -0.2) is 34.5 Å². The molecule has 1 aromatic heterocycles. The number of aromatic nitrogens is 1. The van der Waals surface area contributed by atoms with Gasteiger partial charge in [0.05, 0.1) is 12.2 Å². The van der Waals surface area contributed by atoms with Crippen LogP contribution < -0.4 is 5.32 Å². The predicted molar refractivity (Wildman–Crippen MR) is 78.1 cm³/mol. The number of hydrogen-bond acceptors (Lipinski definition) is 4. The second kappa shape index (κ2) is 5.95. The molecule has 1 aromatic rings. The van der Waals surface area contributed by atoms with E-state index in [-0.39, 0.29) is 24.3 Å². The Labute approximate surface area is 137 Å². The van der Waals surface area contributed by atoms with Crippen LogP contribution in [0.2, 0.25) is 0 Å². The first kappa shape index (κ1) is 18.0. The van der Waals surface area contributed by atoms with Gasteiger partial charge in [0.15, 0.2) is 0 Å². The second-order valence-electron chi connectivity index (χ2n) is 6.50. The molecule has 1 N–H and O–H groups in total. The molecule has 1 aliphatic rings. The molecule has 0 atom stereocenters. The lowest BCUT2D eigenvalue weighted by molar-refractivity contribution is -0.141. The molecule has 0 radical (unpaired) electrons. The van der Waals surface area contributed by atoms with Crippen molar-refractivity contribution in [3.05, 3.63) is 28.6 Å². The number of pyridine rings is 1. The molecule has 24 heavy (non-hydrogen) atoms. The molecule has 0 bridgehead atoms. The van der Waals surface area contributed by atoms with E-state index in [1.165, 1.54) is 7.05 Å². The summed E-state index contributed by atoms with van der Waals surface area (Å²) in [4.78, 5) is 28.4. The third-order valence-corrected chi connectivity index (χ3v) is 3.26. The molecule has 132 valence electrons. The Morgan fingerprint density at radius 2 is 2.00 bits per heavy atom. The Morgan fingerprint density at radius 1 is 1.38 bits per heavy atom. The maximum Gasteiger partial charge on any atom is 0.433 e. The maximum absolute atomic E-state index is 13.0. The van der Waals surface area contributed by atoms with Crippen molar-refractivity contribution >= 4 is 12.0 Å². The topological polar surface area (TPSA) is 71.5 Å². The summed E-state index contributed by atoms with van der Waals surface area (Å²) in [6, 6.07) is 0.731. The number of ether oxygens (including phenoxy) is 1. The van der Waals surface area contributed by atoms with Crippen LogP contribution in [0.15, 0.2) is 6.07 Å². The first-order valence-corrected chi connectivity index (χ1v) is 7.21. The molecule has 0 saturated carbocycles. The number of nitrogens with zero attached hydrogens (tertiary/aromatic N) is 2. The molecule has 1 aliphatic heterocycles. The molecule has 6 nitrogen and oxygen atoms in total. The Morgan fingerprint density at radius 3 is 2.54 bits per heavy atom. The van der Waals surface area contributed by atoms with Gasteiger partial charge in [0.2, 0.25) is 0 Å². The summed E-state index contributed by atoms with van der Waals surface area (Å²) < 4.78 is 44.1. The van der Waals surface area contributed by atoms with E-state index in [9.17, 15) is 22.8 Å². The van der Waals surface area contributed by atoms with Crippen LogP contribution in [0.1, 0.15) is 48.1 Å². The van der Waals surface area contributed by atoms with E-state index in [0.717, 1.165) is 11.0 Å². The highest BCUT2D eigenvalue weighted by molar-refractivity contribution is 5.98. The highest BCUT2D eigenvalue weighted by Crippen LogP contribution is 2.31. The van der Waals surface area contributed by atoms with Gasteiger partial charge in [0.1, 0.15) is 11.3 Å². The van der Waals surface area contributed by atoms with Crippen molar-refractivity contribution < 1.29 is 27.5 Å². The summed E-state index contributed by atoms with van der Waals surface area (Å²) in [6.45, 7) is 4.93. The zero-order valence-corrected chi connectivity index (χ0v) is 13.7. The monoisotopic (exact) mass is 345 g/mol. The van der Waals surface area contributed by atoms with Crippen molar-refractivity contribution in [1.82, 2.24) is 15.2 Å². The van der Waals surface area contributed by atoms with Gasteiger partial charge in [-0.3, -0.25) is 4.79 Å². The summed E-state index contributed by atoms with van der Waals surface area (Å²) in [5.41, 5.74) is -1.57. The summed E-state index contributed by atoms with van der Waals surface area (Å²) in [6.07, 6.45) is -5.37. The van der Waals surface area contributed by atoms with E-state index in [1.807, 2.05) is 0 Å². The van der Waals surface area contributed by atoms with Gasteiger partial charge in [-0.25, -0.2) is 9.78 Å². The van der Waals surface area contributed by atoms with E-state index in [0.29, 0.717) is 5.56 Å². The van der Waals surface area contributed by atoms with Gasteiger partial charge >= 0.3 is 12.3 Å². The molecule has 0 unspecified atom stereocenters. The van der Waals surface area contributed by atoms with Crippen molar-refractivity contribution in [2.45, 2.75) is 45.6 Å². The molecular formula is C15H18F3N3O3. The zero-order chi connectivity index (χ0) is 18.3. The fraction of sp³-hybridized carbons (Fsp3) is 0.533. The second-order valence-corrected chi connectivity index (χ2v) is 6.50. The van der Waals surface area contributed by atoms with Crippen molar-refractivity contribution in [3.63, 3.8) is 0 Å². The molecular weight excluding hydrogens is 327 g/mol. The molecule has 9 heteroatoms. The van der Waals surface area contributed by atoms with Crippen LogP contribution >= 0.6 is 0 Å². The largest absolute Gasteiger partial charge is 0.444 e. The number of alkyl halides is 3. The number of carbonyl (C=O) groups excluding carboxylic acids is 2. The van der Waals surface area contributed by atoms with Crippen LogP contribution in [-0.2, 0) is 24.0 Å². The quantitative estimate of drug-likeness (QED) is 0.895. The van der Waals surface area contributed by atoms with Gasteiger partial charge in [-0.05, 0) is 26.8 Å². The van der Waals surface area contributed by atoms with E-state index in [4.69, 9.17) is 4.74 Å². The molecule has 2 rings (SSSR count). The van der Waals surface area contributed by atoms with Gasteiger partial charge in [-0.1, -0.05) is 0 Å². The average Bonchev–Trinajstić information content (AvgIpc) is 2.78. The standard InChI is InChI=1S/C15H18F3N3O3/c1-14(2,3)24-13(23)21(4)7-10-9-6-19-12(22)8(9)5-11(20-10)15(16,17)18/h5H,6-7H2,1-4H3,(H,19,22). The normalized spacial score (nSPS) is 14.2. The Hall–Kier alpha value is -2.32. The lowest BCUT2D eigenvalue weighted by Gasteiger charge is -2.25. The lowest BCUT2D eigenvalue weighted by atomic mass is 10.1. The number of nitrogens with one attached hydrogen (secondary N) is 1. The summed E-state index contributed by atoms with van der Waals surface area (Å²) in [5, 5.41) is 2.46. The van der Waals surface area contributed by atoms with E-state index in [2.05, 4.69) is 10.3 Å². The van der Waals surface area contributed by atoms with Crippen molar-refractivity contribution in [3.8, 4) is 0 Å². The SMILES string of the molecule is CN(Cc1nc(C(F)(F)F)cc2c1CNC2=O)C(=O)OC(C)(C)C. The summed E-state index contributed by atoms with van der Waals surface area (Å²) in [7, 11) is 1.40. The summed E-state index contributed by atoms with van der Waals surface area (Å²) >= 11 is 0. The minimum atomic E-state index is -4.68. The van der Waals surface area contributed by atoms with Crippen molar-refractivity contribution in [2.75, 3.05) is 7.05 Å². The minimum absolute atomic E-state index is 0.0199. The lowest BCUT2D eigenvalue weighted by Crippen LogP contribution is -2.34. The van der Waals surface area contributed by atoms with Gasteiger partial charge in [0.25, 0.3) is 5.91 Å². The smallest absolute Gasteiger partial charge is 0.433 e. The van der Waals surface area contributed by atoms with Crippen LogP contribution in [0.5, 0.6) is 0 Å². The predicted octanol–water partition coefficient (Wildman–Crippen LogP) is 2.71. The number of amides is 2. The van der Waals surface area contributed by atoms with Crippen LogP contribution in [0.3, 0.4) is 0 Å². The van der Waals surface area contributed by atoms with Gasteiger partial charge in [-0.2, -0.15) is 13.2 Å². The number of halogens is 3. The number of hydrogen-bond donors (Lipinski definition) is 1.